The average Bonchev–Trinajstić information content (AvgIpc) is 2.42. The van der Waals surface area contributed by atoms with Gasteiger partial charge in [-0.25, -0.2) is 0 Å². The molecule has 0 fully saturated rings. The third-order valence-corrected chi connectivity index (χ3v) is 3.96. The summed E-state index contributed by atoms with van der Waals surface area (Å²) in [5.41, 5.74) is 1.26. The Labute approximate surface area is 134 Å². The van der Waals surface area contributed by atoms with Crippen LogP contribution in [0.25, 0.3) is 5.57 Å². The van der Waals surface area contributed by atoms with E-state index in [0.29, 0.717) is 12.2 Å². The summed E-state index contributed by atoms with van der Waals surface area (Å²) in [5.74, 6) is 0.0435. The molecule has 0 bridgehead atoms. The number of aliphatic hydroxyl groups is 1. The average molecular weight is 304 g/mol. The number of carbonyl (C=O) groups is 1. The van der Waals surface area contributed by atoms with Crippen molar-refractivity contribution in [3.63, 3.8) is 0 Å². The molecule has 3 nitrogen and oxygen atoms in total. The van der Waals surface area contributed by atoms with E-state index >= 15 is 0 Å². The second-order valence-electron chi connectivity index (χ2n) is 6.75. The molecule has 1 N–H and O–H groups in total. The summed E-state index contributed by atoms with van der Waals surface area (Å²) in [6.45, 7) is 13.1. The molecular formula is C19H28O3. The second kappa shape index (κ2) is 7.21. The number of rotatable bonds is 8. The molecule has 0 spiro atoms. The van der Waals surface area contributed by atoms with Gasteiger partial charge in [-0.1, -0.05) is 30.8 Å². The van der Waals surface area contributed by atoms with E-state index in [-0.39, 0.29) is 5.78 Å². The number of aryl methyl sites for hydroxylation is 1. The summed E-state index contributed by atoms with van der Waals surface area (Å²) in [5, 5.41) is 9.96. The van der Waals surface area contributed by atoms with Crippen LogP contribution in [-0.2, 0) is 16.0 Å². The van der Waals surface area contributed by atoms with Crippen LogP contribution in [0.1, 0.15) is 52.2 Å². The molecule has 1 aromatic carbocycles. The van der Waals surface area contributed by atoms with Gasteiger partial charge in [0.15, 0.2) is 5.78 Å². The molecule has 0 radical (unpaired) electrons. The van der Waals surface area contributed by atoms with Crippen molar-refractivity contribution < 1.29 is 14.6 Å². The molecule has 1 aromatic rings. The highest BCUT2D eigenvalue weighted by molar-refractivity contribution is 5.83. The lowest BCUT2D eigenvalue weighted by atomic mass is 9.92. The lowest BCUT2D eigenvalue weighted by Gasteiger charge is -2.22. The minimum atomic E-state index is -0.909. The third kappa shape index (κ3) is 5.39. The summed E-state index contributed by atoms with van der Waals surface area (Å²) in [6.07, 6.45) is 1.76. The Kier molecular flexibility index (Phi) is 6.09. The van der Waals surface area contributed by atoms with E-state index in [9.17, 15) is 9.90 Å². The Morgan fingerprint density at radius 2 is 1.73 bits per heavy atom. The quantitative estimate of drug-likeness (QED) is 0.743. The zero-order valence-corrected chi connectivity index (χ0v) is 14.4. The summed E-state index contributed by atoms with van der Waals surface area (Å²) >= 11 is 0. The van der Waals surface area contributed by atoms with Gasteiger partial charge in [0.2, 0.25) is 0 Å². The van der Waals surface area contributed by atoms with Gasteiger partial charge < -0.3 is 9.84 Å². The van der Waals surface area contributed by atoms with E-state index in [4.69, 9.17) is 4.74 Å². The molecule has 0 saturated heterocycles. The van der Waals surface area contributed by atoms with E-state index in [1.807, 2.05) is 24.3 Å². The van der Waals surface area contributed by atoms with Crippen molar-refractivity contribution in [2.24, 2.45) is 0 Å². The molecule has 0 unspecified atom stereocenters. The zero-order valence-electron chi connectivity index (χ0n) is 14.4. The van der Waals surface area contributed by atoms with Crippen molar-refractivity contribution in [3.8, 4) is 0 Å². The van der Waals surface area contributed by atoms with E-state index in [2.05, 4.69) is 6.58 Å². The Hall–Kier alpha value is -1.45. The van der Waals surface area contributed by atoms with Crippen LogP contribution in [0.15, 0.2) is 30.8 Å². The lowest BCUT2D eigenvalue weighted by molar-refractivity contribution is -0.138. The summed E-state index contributed by atoms with van der Waals surface area (Å²) in [7, 11) is 0. The topological polar surface area (TPSA) is 46.5 Å². The monoisotopic (exact) mass is 304 g/mol. The first-order chi connectivity index (χ1) is 10.0. The van der Waals surface area contributed by atoms with Crippen molar-refractivity contribution in [1.82, 2.24) is 0 Å². The van der Waals surface area contributed by atoms with Gasteiger partial charge >= 0.3 is 0 Å². The first-order valence-corrected chi connectivity index (χ1v) is 7.70. The zero-order chi connectivity index (χ0) is 17.0. The van der Waals surface area contributed by atoms with Crippen LogP contribution in [0.3, 0.4) is 0 Å². The van der Waals surface area contributed by atoms with Crippen molar-refractivity contribution >= 4 is 11.4 Å². The van der Waals surface area contributed by atoms with Gasteiger partial charge in [-0.05, 0) is 64.2 Å². The maximum Gasteiger partial charge on any atom is 0.160 e. The maximum absolute atomic E-state index is 11.4. The smallest absolute Gasteiger partial charge is 0.160 e. The van der Waals surface area contributed by atoms with E-state index in [1.54, 1.807) is 34.6 Å². The molecule has 0 aliphatic carbocycles. The number of Topliss-reactive ketones (excluding diaryl/α,β-unsaturated/α-hetero) is 1. The molecular weight excluding hydrogens is 276 g/mol. The molecule has 0 saturated carbocycles. The highest BCUT2D eigenvalue weighted by Crippen LogP contribution is 2.25. The first-order valence-electron chi connectivity index (χ1n) is 7.70. The van der Waals surface area contributed by atoms with Gasteiger partial charge in [0.25, 0.3) is 0 Å². The molecule has 1 rings (SSSR count). The van der Waals surface area contributed by atoms with Crippen molar-refractivity contribution in [2.45, 2.75) is 58.7 Å². The van der Waals surface area contributed by atoms with Gasteiger partial charge in [-0.3, -0.25) is 4.79 Å². The molecule has 0 heterocycles. The minimum absolute atomic E-state index is 0.0435. The van der Waals surface area contributed by atoms with Crippen molar-refractivity contribution in [1.29, 1.82) is 0 Å². The van der Waals surface area contributed by atoms with Gasteiger partial charge in [-0.2, -0.15) is 0 Å². The van der Waals surface area contributed by atoms with E-state index in [0.717, 1.165) is 18.4 Å². The van der Waals surface area contributed by atoms with Gasteiger partial charge in [0.1, 0.15) is 5.60 Å². The number of hydrogen-bond donors (Lipinski definition) is 1. The number of ether oxygens (including phenoxy) is 1. The SMILES string of the molecule is C=C(c1ccc(CCCOC(C)(C)C(C)=O)cc1)C(C)(C)O. The van der Waals surface area contributed by atoms with Crippen LogP contribution in [-0.4, -0.2) is 28.7 Å². The number of ketones is 1. The molecule has 122 valence electrons. The summed E-state index contributed by atoms with van der Waals surface area (Å²) < 4.78 is 5.62. The third-order valence-electron chi connectivity index (χ3n) is 3.96. The second-order valence-corrected chi connectivity index (χ2v) is 6.75. The number of hydrogen-bond acceptors (Lipinski definition) is 3. The maximum atomic E-state index is 11.4. The normalized spacial score (nSPS) is 12.3. The Morgan fingerprint density at radius 1 is 1.18 bits per heavy atom. The van der Waals surface area contributed by atoms with Crippen LogP contribution in [0.2, 0.25) is 0 Å². The highest BCUT2D eigenvalue weighted by atomic mass is 16.5. The van der Waals surface area contributed by atoms with Gasteiger partial charge in [0.05, 0.1) is 5.60 Å². The predicted octanol–water partition coefficient (Wildman–Crippen LogP) is 3.79. The van der Waals surface area contributed by atoms with Crippen LogP contribution >= 0.6 is 0 Å². The van der Waals surface area contributed by atoms with Gasteiger partial charge in [0, 0.05) is 6.61 Å². The largest absolute Gasteiger partial charge is 0.386 e. The van der Waals surface area contributed by atoms with Crippen molar-refractivity contribution in [2.75, 3.05) is 6.61 Å². The number of benzene rings is 1. The first kappa shape index (κ1) is 18.6. The summed E-state index contributed by atoms with van der Waals surface area (Å²) in [6, 6.07) is 8.05. The Bertz CT molecular complexity index is 519. The van der Waals surface area contributed by atoms with E-state index in [1.165, 1.54) is 5.56 Å². The van der Waals surface area contributed by atoms with Crippen LogP contribution in [0.5, 0.6) is 0 Å². The molecule has 0 amide bonds. The fraction of sp³-hybridized carbons (Fsp3) is 0.526. The van der Waals surface area contributed by atoms with Crippen LogP contribution in [0.4, 0.5) is 0 Å². The molecule has 0 aliphatic heterocycles. The standard InChI is InChI=1S/C19H28O3/c1-14(18(3,4)21)17-11-9-16(10-12-17)8-7-13-22-19(5,6)15(2)20/h9-12,21H,1,7-8,13H2,2-6H3. The summed E-state index contributed by atoms with van der Waals surface area (Å²) in [4.78, 5) is 11.4. The minimum Gasteiger partial charge on any atom is -0.386 e. The molecule has 3 heteroatoms. The predicted molar refractivity (Wildman–Crippen MR) is 90.8 cm³/mol. The van der Waals surface area contributed by atoms with Crippen molar-refractivity contribution in [3.05, 3.63) is 42.0 Å². The Morgan fingerprint density at radius 3 is 2.18 bits per heavy atom. The van der Waals surface area contributed by atoms with Crippen LogP contribution in [0, 0.1) is 0 Å². The number of carbonyl (C=O) groups excluding carboxylic acids is 1. The molecule has 0 aromatic heterocycles. The Balaban J connectivity index is 2.49. The van der Waals surface area contributed by atoms with Crippen LogP contribution < -0.4 is 0 Å². The fourth-order valence-corrected chi connectivity index (χ4v) is 1.93. The van der Waals surface area contributed by atoms with Gasteiger partial charge in [-0.15, -0.1) is 0 Å². The van der Waals surface area contributed by atoms with E-state index < -0.39 is 11.2 Å². The molecule has 0 aliphatic rings. The highest BCUT2D eigenvalue weighted by Gasteiger charge is 2.23. The molecule has 0 atom stereocenters. The fourth-order valence-electron chi connectivity index (χ4n) is 1.93. The molecule has 22 heavy (non-hydrogen) atoms. The lowest BCUT2D eigenvalue weighted by Crippen LogP contribution is -2.33.